The van der Waals surface area contributed by atoms with Crippen molar-refractivity contribution in [2.24, 2.45) is 0 Å². The topological polar surface area (TPSA) is 73.1 Å². The van der Waals surface area contributed by atoms with Crippen LogP contribution < -0.4 is 0 Å². The highest BCUT2D eigenvalue weighted by molar-refractivity contribution is 7.90. The number of pyridine rings is 1. The third-order valence-corrected chi connectivity index (χ3v) is 4.36. The van der Waals surface area contributed by atoms with E-state index in [2.05, 4.69) is 10.1 Å². The predicted octanol–water partition coefficient (Wildman–Crippen LogP) is 1.91. The van der Waals surface area contributed by atoms with Gasteiger partial charge in [0, 0.05) is 18.0 Å². The molecule has 2 rings (SSSR count). The largest absolute Gasteiger partial charge is 0.361 e. The van der Waals surface area contributed by atoms with E-state index >= 15 is 0 Å². The van der Waals surface area contributed by atoms with Crippen molar-refractivity contribution >= 4 is 9.84 Å². The predicted molar refractivity (Wildman–Crippen MR) is 65.7 cm³/mol. The van der Waals surface area contributed by atoms with Crippen molar-refractivity contribution in [2.45, 2.75) is 30.9 Å². The number of aromatic nitrogens is 2. The zero-order chi connectivity index (χ0) is 13.2. The Labute approximate surface area is 106 Å². The van der Waals surface area contributed by atoms with Gasteiger partial charge in [-0.15, -0.1) is 0 Å². The van der Waals surface area contributed by atoms with Gasteiger partial charge in [-0.2, -0.15) is 0 Å². The first kappa shape index (κ1) is 12.8. The van der Waals surface area contributed by atoms with Gasteiger partial charge < -0.3 is 4.52 Å². The van der Waals surface area contributed by atoms with E-state index in [0.717, 1.165) is 0 Å². The van der Waals surface area contributed by atoms with Crippen molar-refractivity contribution in [1.29, 1.82) is 0 Å². The van der Waals surface area contributed by atoms with Crippen LogP contribution in [-0.2, 0) is 22.0 Å². The van der Waals surface area contributed by atoms with Crippen molar-refractivity contribution in [1.82, 2.24) is 10.1 Å². The average molecular weight is 266 g/mol. The van der Waals surface area contributed by atoms with Gasteiger partial charge in [-0.25, -0.2) is 8.42 Å². The van der Waals surface area contributed by atoms with Crippen molar-refractivity contribution in [2.75, 3.05) is 0 Å². The molecule has 6 heteroatoms. The van der Waals surface area contributed by atoms with Crippen molar-refractivity contribution in [3.05, 3.63) is 41.5 Å². The van der Waals surface area contributed by atoms with Crippen LogP contribution in [-0.4, -0.2) is 18.6 Å². The first-order valence-corrected chi connectivity index (χ1v) is 7.26. The molecule has 5 nitrogen and oxygen atoms in total. The van der Waals surface area contributed by atoms with Crippen LogP contribution in [0.5, 0.6) is 0 Å². The molecule has 0 aliphatic heterocycles. The van der Waals surface area contributed by atoms with Crippen LogP contribution in [0, 0.1) is 6.92 Å². The van der Waals surface area contributed by atoms with Gasteiger partial charge in [0.2, 0.25) is 0 Å². The van der Waals surface area contributed by atoms with Gasteiger partial charge in [-0.3, -0.25) is 4.98 Å². The Hall–Kier alpha value is -1.69. The van der Waals surface area contributed by atoms with E-state index < -0.39 is 9.84 Å². The summed E-state index contributed by atoms with van der Waals surface area (Å²) in [6.45, 7) is 3.64. The zero-order valence-electron chi connectivity index (χ0n) is 10.3. The summed E-state index contributed by atoms with van der Waals surface area (Å²) in [5.41, 5.74) is 1.35. The Balaban J connectivity index is 2.37. The molecule has 0 radical (unpaired) electrons. The van der Waals surface area contributed by atoms with Crippen LogP contribution in [0.15, 0.2) is 33.9 Å². The normalized spacial score (nSPS) is 11.7. The monoisotopic (exact) mass is 266 g/mol. The molecular formula is C12H14N2O3S. The lowest BCUT2D eigenvalue weighted by atomic mass is 10.2. The Morgan fingerprint density at radius 3 is 2.78 bits per heavy atom. The molecule has 0 N–H and O–H groups in total. The summed E-state index contributed by atoms with van der Waals surface area (Å²) in [4.78, 5) is 4.04. The van der Waals surface area contributed by atoms with Gasteiger partial charge >= 0.3 is 0 Å². The zero-order valence-corrected chi connectivity index (χ0v) is 11.1. The van der Waals surface area contributed by atoms with Gasteiger partial charge in [-0.05, 0) is 25.5 Å². The maximum Gasteiger partial charge on any atom is 0.184 e. The van der Waals surface area contributed by atoms with Crippen LogP contribution in [0.4, 0.5) is 0 Å². The Bertz CT molecular complexity index is 633. The molecule has 0 saturated heterocycles. The van der Waals surface area contributed by atoms with Crippen LogP contribution in [0.3, 0.4) is 0 Å². The summed E-state index contributed by atoms with van der Waals surface area (Å²) >= 11 is 0. The molecule has 2 aromatic heterocycles. The minimum Gasteiger partial charge on any atom is -0.361 e. The summed E-state index contributed by atoms with van der Waals surface area (Å²) in [7, 11) is -3.40. The van der Waals surface area contributed by atoms with Gasteiger partial charge in [0.1, 0.15) is 5.76 Å². The van der Waals surface area contributed by atoms with E-state index in [-0.39, 0.29) is 10.6 Å². The molecule has 0 unspecified atom stereocenters. The standard InChI is InChI=1S/C12H14N2O3S/c1-3-12-11(9(2)17-14-12)8-18(15,16)10-5-4-6-13-7-10/h4-7H,3,8H2,1-2H3. The lowest BCUT2D eigenvalue weighted by Crippen LogP contribution is -2.07. The molecule has 18 heavy (non-hydrogen) atoms. The molecule has 0 fully saturated rings. The molecule has 2 aromatic rings. The molecule has 0 atom stereocenters. The highest BCUT2D eigenvalue weighted by atomic mass is 32.2. The van der Waals surface area contributed by atoms with Crippen molar-refractivity contribution < 1.29 is 12.9 Å². The minimum atomic E-state index is -3.40. The van der Waals surface area contributed by atoms with E-state index in [4.69, 9.17) is 4.52 Å². The molecule has 0 aliphatic rings. The van der Waals surface area contributed by atoms with Crippen LogP contribution in [0.2, 0.25) is 0 Å². The van der Waals surface area contributed by atoms with Gasteiger partial charge in [-0.1, -0.05) is 12.1 Å². The highest BCUT2D eigenvalue weighted by Crippen LogP contribution is 2.21. The molecule has 0 aromatic carbocycles. The first-order valence-electron chi connectivity index (χ1n) is 5.61. The fourth-order valence-electron chi connectivity index (χ4n) is 1.70. The molecule has 96 valence electrons. The molecule has 0 bridgehead atoms. The quantitative estimate of drug-likeness (QED) is 0.845. The molecule has 0 spiro atoms. The number of nitrogens with zero attached hydrogens (tertiary/aromatic N) is 2. The molecule has 0 saturated carbocycles. The van der Waals surface area contributed by atoms with Crippen molar-refractivity contribution in [3.8, 4) is 0 Å². The number of aryl methyl sites for hydroxylation is 2. The third kappa shape index (κ3) is 2.43. The maximum atomic E-state index is 12.2. The van der Waals surface area contributed by atoms with E-state index in [1.165, 1.54) is 12.3 Å². The van der Waals surface area contributed by atoms with E-state index in [9.17, 15) is 8.42 Å². The van der Waals surface area contributed by atoms with Crippen LogP contribution in [0.1, 0.15) is 23.9 Å². The molecule has 0 amide bonds. The van der Waals surface area contributed by atoms with Gasteiger partial charge in [0.15, 0.2) is 9.84 Å². The number of rotatable bonds is 4. The number of sulfone groups is 1. The van der Waals surface area contributed by atoms with E-state index in [0.29, 0.717) is 23.4 Å². The maximum absolute atomic E-state index is 12.2. The van der Waals surface area contributed by atoms with Crippen molar-refractivity contribution in [3.63, 3.8) is 0 Å². The first-order chi connectivity index (χ1) is 8.54. The molecule has 0 aliphatic carbocycles. The van der Waals surface area contributed by atoms with Crippen LogP contribution in [0.25, 0.3) is 0 Å². The summed E-state index contributed by atoms with van der Waals surface area (Å²) in [6, 6.07) is 3.14. The lowest BCUT2D eigenvalue weighted by molar-refractivity contribution is 0.390. The Morgan fingerprint density at radius 2 is 2.17 bits per heavy atom. The number of hydrogen-bond donors (Lipinski definition) is 0. The Kier molecular flexibility index (Phi) is 3.47. The van der Waals surface area contributed by atoms with Crippen LogP contribution >= 0.6 is 0 Å². The van der Waals surface area contributed by atoms with E-state index in [1.807, 2.05) is 6.92 Å². The Morgan fingerprint density at radius 1 is 1.39 bits per heavy atom. The second kappa shape index (κ2) is 4.89. The summed E-state index contributed by atoms with van der Waals surface area (Å²) in [6.07, 6.45) is 3.54. The fourth-order valence-corrected chi connectivity index (χ4v) is 3.13. The minimum absolute atomic E-state index is 0.100. The van der Waals surface area contributed by atoms with Gasteiger partial charge in [0.05, 0.1) is 16.3 Å². The second-order valence-corrected chi connectivity index (χ2v) is 5.95. The number of hydrogen-bond acceptors (Lipinski definition) is 5. The SMILES string of the molecule is CCc1noc(C)c1CS(=O)(=O)c1cccnc1. The smallest absolute Gasteiger partial charge is 0.184 e. The summed E-state index contributed by atoms with van der Waals surface area (Å²) < 4.78 is 29.5. The third-order valence-electron chi connectivity index (χ3n) is 2.73. The highest BCUT2D eigenvalue weighted by Gasteiger charge is 2.21. The summed E-state index contributed by atoms with van der Waals surface area (Å²) in [5.74, 6) is 0.455. The summed E-state index contributed by atoms with van der Waals surface area (Å²) in [5, 5.41) is 3.86. The second-order valence-electron chi connectivity index (χ2n) is 3.97. The molecular weight excluding hydrogens is 252 g/mol. The van der Waals surface area contributed by atoms with E-state index in [1.54, 1.807) is 19.2 Å². The fraction of sp³-hybridized carbons (Fsp3) is 0.333. The average Bonchev–Trinajstić information content (AvgIpc) is 2.71. The van der Waals surface area contributed by atoms with Gasteiger partial charge in [0.25, 0.3) is 0 Å². The lowest BCUT2D eigenvalue weighted by Gasteiger charge is -2.03. The molecule has 2 heterocycles.